The van der Waals surface area contributed by atoms with Gasteiger partial charge in [0.25, 0.3) is 0 Å². The van der Waals surface area contributed by atoms with Gasteiger partial charge in [-0.1, -0.05) is 18.2 Å². The summed E-state index contributed by atoms with van der Waals surface area (Å²) in [6, 6.07) is 9.14. The molecule has 0 unspecified atom stereocenters. The van der Waals surface area contributed by atoms with E-state index in [1.165, 1.54) is 17.0 Å². The molecular weight excluding hydrogens is 331 g/mol. The topological polar surface area (TPSA) is 46.9 Å². The summed E-state index contributed by atoms with van der Waals surface area (Å²) in [5.41, 5.74) is 0.667. The quantitative estimate of drug-likeness (QED) is 0.770. The van der Waals surface area contributed by atoms with E-state index >= 15 is 0 Å². The number of rotatable bonds is 2. The average molecular weight is 343 g/mol. The fraction of sp³-hybridized carbons (Fsp3) is 0.111. The Labute approximate surface area is 140 Å². The molecule has 0 radical (unpaired) electrons. The Balaban J connectivity index is 1.88. The molecule has 0 saturated heterocycles. The van der Waals surface area contributed by atoms with Crippen molar-refractivity contribution in [2.45, 2.75) is 12.3 Å². The Hall–Kier alpha value is -3.09. The van der Waals surface area contributed by atoms with E-state index in [1.807, 2.05) is 0 Å². The van der Waals surface area contributed by atoms with Gasteiger partial charge in [0.05, 0.1) is 11.4 Å². The number of imidazole rings is 1. The van der Waals surface area contributed by atoms with E-state index in [0.717, 1.165) is 18.2 Å². The number of nitrogens with one attached hydrogen (secondary N) is 1. The van der Waals surface area contributed by atoms with E-state index in [1.54, 1.807) is 18.2 Å². The number of anilines is 1. The van der Waals surface area contributed by atoms with E-state index in [-0.39, 0.29) is 23.8 Å². The minimum Gasteiger partial charge on any atom is -0.310 e. The van der Waals surface area contributed by atoms with Crippen LogP contribution in [0.25, 0.3) is 5.69 Å². The molecular formula is C18H12F3N3O. The molecule has 1 N–H and O–H groups in total. The summed E-state index contributed by atoms with van der Waals surface area (Å²) >= 11 is 0. The van der Waals surface area contributed by atoms with Crippen molar-refractivity contribution in [3.05, 3.63) is 77.5 Å². The second-order valence-electron chi connectivity index (χ2n) is 5.77. The first-order valence-corrected chi connectivity index (χ1v) is 7.61. The molecule has 1 aliphatic rings. The fourth-order valence-electron chi connectivity index (χ4n) is 3.07. The SMILES string of the molecule is O=C1C[C@H](c2ccccc2F)c2ncn(-c3cc(F)ccc3F)c2N1. The smallest absolute Gasteiger partial charge is 0.226 e. The normalized spacial score (nSPS) is 16.4. The Kier molecular flexibility index (Phi) is 3.56. The molecule has 1 aliphatic heterocycles. The molecule has 1 atom stereocenters. The Morgan fingerprint density at radius 3 is 2.68 bits per heavy atom. The zero-order valence-corrected chi connectivity index (χ0v) is 12.8. The van der Waals surface area contributed by atoms with Gasteiger partial charge in [0.15, 0.2) is 0 Å². The molecule has 3 aromatic rings. The van der Waals surface area contributed by atoms with Crippen LogP contribution in [0.15, 0.2) is 48.8 Å². The van der Waals surface area contributed by atoms with Gasteiger partial charge in [0.2, 0.25) is 5.91 Å². The highest BCUT2D eigenvalue weighted by atomic mass is 19.1. The number of hydrogen-bond acceptors (Lipinski definition) is 2. The molecule has 0 fully saturated rings. The number of aromatic nitrogens is 2. The third-order valence-electron chi connectivity index (χ3n) is 4.22. The Morgan fingerprint density at radius 1 is 1.08 bits per heavy atom. The van der Waals surface area contributed by atoms with Crippen LogP contribution >= 0.6 is 0 Å². The predicted octanol–water partition coefficient (Wildman–Crippen LogP) is 3.76. The Morgan fingerprint density at radius 2 is 1.88 bits per heavy atom. The number of amides is 1. The van der Waals surface area contributed by atoms with Crippen LogP contribution in [0.4, 0.5) is 19.0 Å². The highest BCUT2D eigenvalue weighted by Gasteiger charge is 2.32. The summed E-state index contributed by atoms with van der Waals surface area (Å²) in [6.07, 6.45) is 1.32. The van der Waals surface area contributed by atoms with Crippen molar-refractivity contribution >= 4 is 11.7 Å². The lowest BCUT2D eigenvalue weighted by molar-refractivity contribution is -0.116. The van der Waals surface area contributed by atoms with E-state index in [0.29, 0.717) is 11.3 Å². The predicted molar refractivity (Wildman–Crippen MR) is 85.0 cm³/mol. The Bertz CT molecular complexity index is 983. The van der Waals surface area contributed by atoms with Crippen LogP contribution in [0.1, 0.15) is 23.6 Å². The fourth-order valence-corrected chi connectivity index (χ4v) is 3.07. The van der Waals surface area contributed by atoms with Crippen LogP contribution < -0.4 is 5.32 Å². The summed E-state index contributed by atoms with van der Waals surface area (Å²) in [6.45, 7) is 0. The summed E-state index contributed by atoms with van der Waals surface area (Å²) in [7, 11) is 0. The molecule has 25 heavy (non-hydrogen) atoms. The van der Waals surface area contributed by atoms with Crippen molar-refractivity contribution in [2.24, 2.45) is 0 Å². The van der Waals surface area contributed by atoms with Crippen molar-refractivity contribution in [1.29, 1.82) is 0 Å². The molecule has 0 bridgehead atoms. The maximum atomic E-state index is 14.2. The molecule has 126 valence electrons. The second kappa shape index (κ2) is 5.77. The van der Waals surface area contributed by atoms with Gasteiger partial charge in [-0.05, 0) is 23.8 Å². The van der Waals surface area contributed by atoms with Gasteiger partial charge in [0, 0.05) is 18.4 Å². The summed E-state index contributed by atoms with van der Waals surface area (Å²) in [5, 5.41) is 2.62. The number of halogens is 3. The van der Waals surface area contributed by atoms with Gasteiger partial charge in [-0.2, -0.15) is 0 Å². The monoisotopic (exact) mass is 343 g/mol. The average Bonchev–Trinajstić information content (AvgIpc) is 3.00. The van der Waals surface area contributed by atoms with Gasteiger partial charge < -0.3 is 5.32 Å². The first-order chi connectivity index (χ1) is 12.0. The number of benzene rings is 2. The molecule has 0 spiro atoms. The summed E-state index contributed by atoms with van der Waals surface area (Å²) in [5.74, 6) is -2.45. The number of nitrogens with zero attached hydrogens (tertiary/aromatic N) is 2. The van der Waals surface area contributed by atoms with Crippen molar-refractivity contribution in [3.63, 3.8) is 0 Å². The third kappa shape index (κ3) is 2.57. The first-order valence-electron chi connectivity index (χ1n) is 7.61. The molecule has 1 aromatic heterocycles. The molecule has 4 rings (SSSR count). The molecule has 2 heterocycles. The van der Waals surface area contributed by atoms with E-state index in [9.17, 15) is 18.0 Å². The zero-order chi connectivity index (χ0) is 17.6. The first kappa shape index (κ1) is 15.4. The van der Waals surface area contributed by atoms with Crippen molar-refractivity contribution in [2.75, 3.05) is 5.32 Å². The minimum atomic E-state index is -0.663. The van der Waals surface area contributed by atoms with Gasteiger partial charge in [-0.3, -0.25) is 9.36 Å². The lowest BCUT2D eigenvalue weighted by Gasteiger charge is -2.23. The van der Waals surface area contributed by atoms with Gasteiger partial charge in [0.1, 0.15) is 29.6 Å². The summed E-state index contributed by atoms with van der Waals surface area (Å²) < 4.78 is 43.0. The molecule has 2 aromatic carbocycles. The molecule has 4 nitrogen and oxygen atoms in total. The van der Waals surface area contributed by atoms with Gasteiger partial charge >= 0.3 is 0 Å². The van der Waals surface area contributed by atoms with Gasteiger partial charge in [-0.15, -0.1) is 0 Å². The minimum absolute atomic E-state index is 0.0244. The van der Waals surface area contributed by atoms with E-state index in [4.69, 9.17) is 0 Å². The van der Waals surface area contributed by atoms with Crippen molar-refractivity contribution < 1.29 is 18.0 Å². The number of carbonyl (C=O) groups is 1. The van der Waals surface area contributed by atoms with Crippen LogP contribution in [0.5, 0.6) is 0 Å². The molecule has 0 aliphatic carbocycles. The number of carbonyl (C=O) groups excluding carboxylic acids is 1. The van der Waals surface area contributed by atoms with Crippen LogP contribution in [0.3, 0.4) is 0 Å². The zero-order valence-electron chi connectivity index (χ0n) is 12.8. The third-order valence-corrected chi connectivity index (χ3v) is 4.22. The van der Waals surface area contributed by atoms with Crippen LogP contribution in [0.2, 0.25) is 0 Å². The van der Waals surface area contributed by atoms with Crippen LogP contribution in [-0.4, -0.2) is 15.5 Å². The lowest BCUT2D eigenvalue weighted by atomic mass is 9.89. The maximum Gasteiger partial charge on any atom is 0.226 e. The molecule has 7 heteroatoms. The lowest BCUT2D eigenvalue weighted by Crippen LogP contribution is -2.25. The highest BCUT2D eigenvalue weighted by Crippen LogP contribution is 2.38. The van der Waals surface area contributed by atoms with E-state index in [2.05, 4.69) is 10.3 Å². The standard InChI is InChI=1S/C18H12F3N3O/c19-10-5-6-14(21)15(7-10)24-9-22-17-12(8-16(25)23-18(17)24)11-3-1-2-4-13(11)20/h1-7,9,12H,8H2,(H,23,25)/t12-/m1/s1. The second-order valence-corrected chi connectivity index (χ2v) is 5.77. The molecule has 0 saturated carbocycles. The largest absolute Gasteiger partial charge is 0.310 e. The molecule has 1 amide bonds. The van der Waals surface area contributed by atoms with Crippen LogP contribution in [0, 0.1) is 17.5 Å². The highest BCUT2D eigenvalue weighted by molar-refractivity contribution is 5.94. The number of fused-ring (bicyclic) bond motifs is 1. The maximum absolute atomic E-state index is 14.2. The van der Waals surface area contributed by atoms with E-state index < -0.39 is 23.4 Å². The van der Waals surface area contributed by atoms with Crippen molar-refractivity contribution in [3.8, 4) is 5.69 Å². The van der Waals surface area contributed by atoms with Gasteiger partial charge in [-0.25, -0.2) is 18.2 Å². The van der Waals surface area contributed by atoms with Crippen LogP contribution in [-0.2, 0) is 4.79 Å². The van der Waals surface area contributed by atoms with Crippen molar-refractivity contribution in [1.82, 2.24) is 9.55 Å². The number of hydrogen-bond donors (Lipinski definition) is 1. The summed E-state index contributed by atoms with van der Waals surface area (Å²) in [4.78, 5) is 16.3.